The summed E-state index contributed by atoms with van der Waals surface area (Å²) < 4.78 is 28.1. The van der Waals surface area contributed by atoms with Crippen molar-refractivity contribution >= 4 is 17.1 Å². The first-order chi connectivity index (χ1) is 15.3. The van der Waals surface area contributed by atoms with E-state index in [1.54, 1.807) is 6.92 Å². The predicted octanol–water partition coefficient (Wildman–Crippen LogP) is 3.06. The van der Waals surface area contributed by atoms with Gasteiger partial charge in [-0.3, -0.25) is 14.3 Å². The van der Waals surface area contributed by atoms with Crippen LogP contribution in [-0.2, 0) is 17.7 Å². The zero-order valence-corrected chi connectivity index (χ0v) is 23.2. The second-order valence-electron chi connectivity index (χ2n) is 10.6. The Labute approximate surface area is 197 Å². The van der Waals surface area contributed by atoms with Crippen molar-refractivity contribution in [1.29, 1.82) is 0 Å². The molecule has 33 heavy (non-hydrogen) atoms. The normalized spacial score (nSPS) is 29.5. The largest absolute Gasteiger partial charge is 0.414 e. The number of aliphatic hydroxyl groups is 1. The SMILES string of the molecule is Cc1cn([C@@H]2O[C@@H]3CO[Si](C(C)C)(C(C)C)O[Si](C(C)C)(C(C)C)O[C@@H]3C2O)c(=O)[nH]c1=O. The fraction of sp³-hybridized carbons (Fsp3) is 0.818. The van der Waals surface area contributed by atoms with E-state index < -0.39 is 52.9 Å². The number of hydrogen-bond acceptors (Lipinski definition) is 7. The second kappa shape index (κ2) is 9.52. The fourth-order valence-electron chi connectivity index (χ4n) is 5.14. The first kappa shape index (κ1) is 26.5. The zero-order valence-electron chi connectivity index (χ0n) is 21.2. The van der Waals surface area contributed by atoms with Gasteiger partial charge in [0, 0.05) is 11.8 Å². The van der Waals surface area contributed by atoms with E-state index in [1.165, 1.54) is 10.8 Å². The summed E-state index contributed by atoms with van der Waals surface area (Å²) in [4.78, 5) is 26.7. The highest BCUT2D eigenvalue weighted by atomic mass is 28.5. The number of hydrogen-bond donors (Lipinski definition) is 2. The van der Waals surface area contributed by atoms with Gasteiger partial charge < -0.3 is 22.8 Å². The Balaban J connectivity index is 2.10. The number of fused-ring (bicyclic) bond motifs is 1. The molecule has 9 nitrogen and oxygen atoms in total. The van der Waals surface area contributed by atoms with Gasteiger partial charge in [0.15, 0.2) is 6.23 Å². The number of aromatic nitrogens is 2. The molecule has 3 rings (SSSR count). The third-order valence-electron chi connectivity index (χ3n) is 7.06. The Morgan fingerprint density at radius 2 is 1.55 bits per heavy atom. The molecule has 0 aromatic carbocycles. The molecule has 188 valence electrons. The van der Waals surface area contributed by atoms with Gasteiger partial charge >= 0.3 is 22.8 Å². The van der Waals surface area contributed by atoms with E-state index in [2.05, 4.69) is 60.4 Å². The summed E-state index contributed by atoms with van der Waals surface area (Å²) in [6.07, 6.45) is -1.98. The van der Waals surface area contributed by atoms with Crippen LogP contribution >= 0.6 is 0 Å². The minimum absolute atomic E-state index is 0.105. The maximum atomic E-state index is 12.5. The summed E-state index contributed by atoms with van der Waals surface area (Å²) in [6.45, 7) is 18.8. The van der Waals surface area contributed by atoms with E-state index >= 15 is 0 Å². The van der Waals surface area contributed by atoms with Gasteiger partial charge in [-0.15, -0.1) is 0 Å². The van der Waals surface area contributed by atoms with E-state index in [9.17, 15) is 14.7 Å². The van der Waals surface area contributed by atoms with E-state index in [4.69, 9.17) is 17.7 Å². The number of aryl methyl sites for hydroxylation is 1. The Morgan fingerprint density at radius 1 is 1.00 bits per heavy atom. The number of rotatable bonds is 5. The van der Waals surface area contributed by atoms with E-state index in [-0.39, 0.29) is 28.8 Å². The highest BCUT2D eigenvalue weighted by molar-refractivity contribution is 6.83. The number of nitrogens with one attached hydrogen (secondary N) is 1. The Bertz CT molecular complexity index is 943. The van der Waals surface area contributed by atoms with Crippen LogP contribution in [0.1, 0.15) is 67.2 Å². The van der Waals surface area contributed by atoms with Crippen LogP contribution in [0.25, 0.3) is 0 Å². The van der Waals surface area contributed by atoms with Crippen molar-refractivity contribution in [2.24, 2.45) is 0 Å². The van der Waals surface area contributed by atoms with Crippen molar-refractivity contribution < 1.29 is 22.8 Å². The maximum Gasteiger partial charge on any atom is 0.335 e. The molecule has 0 aliphatic carbocycles. The third-order valence-corrected chi connectivity index (χ3v) is 17.3. The van der Waals surface area contributed by atoms with Crippen molar-refractivity contribution in [1.82, 2.24) is 9.55 Å². The minimum atomic E-state index is -2.92. The van der Waals surface area contributed by atoms with Crippen LogP contribution in [0.2, 0.25) is 22.2 Å². The average Bonchev–Trinajstić information content (AvgIpc) is 2.98. The van der Waals surface area contributed by atoms with Gasteiger partial charge in [-0.1, -0.05) is 55.4 Å². The number of aliphatic hydroxyl groups excluding tert-OH is 1. The molecule has 2 aliphatic heterocycles. The molecule has 11 heteroatoms. The molecule has 4 atom stereocenters. The first-order valence-electron chi connectivity index (χ1n) is 11.9. The molecule has 2 fully saturated rings. The summed E-state index contributed by atoms with van der Waals surface area (Å²) in [7, 11) is -5.65. The number of nitrogens with zero attached hydrogens (tertiary/aromatic N) is 1. The van der Waals surface area contributed by atoms with E-state index in [0.717, 1.165) is 0 Å². The highest BCUT2D eigenvalue weighted by Gasteiger charge is 2.61. The molecule has 1 aromatic rings. The van der Waals surface area contributed by atoms with Crippen LogP contribution in [0, 0.1) is 6.92 Å². The minimum Gasteiger partial charge on any atom is -0.414 e. The molecule has 0 radical (unpaired) electrons. The molecule has 0 saturated carbocycles. The molecule has 0 amide bonds. The number of ether oxygens (including phenoxy) is 1. The van der Waals surface area contributed by atoms with Gasteiger partial charge in [-0.05, 0) is 29.1 Å². The van der Waals surface area contributed by atoms with Gasteiger partial charge in [-0.25, -0.2) is 4.79 Å². The van der Waals surface area contributed by atoms with Crippen LogP contribution in [0.5, 0.6) is 0 Å². The topological polar surface area (TPSA) is 112 Å². The lowest BCUT2D eigenvalue weighted by atomic mass is 10.1. The lowest BCUT2D eigenvalue weighted by Gasteiger charge is -2.51. The predicted molar refractivity (Wildman–Crippen MR) is 130 cm³/mol. The summed E-state index contributed by atoms with van der Waals surface area (Å²) in [5.41, 5.74) is -0.151. The number of H-pyrrole nitrogens is 1. The molecule has 0 spiro atoms. The summed E-state index contributed by atoms with van der Waals surface area (Å²) in [5.74, 6) is 0. The van der Waals surface area contributed by atoms with Gasteiger partial charge in [0.25, 0.3) is 5.56 Å². The van der Waals surface area contributed by atoms with Crippen molar-refractivity contribution in [3.8, 4) is 0 Å². The van der Waals surface area contributed by atoms with Gasteiger partial charge in [0.1, 0.15) is 18.3 Å². The van der Waals surface area contributed by atoms with E-state index in [1.807, 2.05) is 0 Å². The van der Waals surface area contributed by atoms with Crippen LogP contribution in [0.15, 0.2) is 15.8 Å². The quantitative estimate of drug-likeness (QED) is 0.598. The molecule has 1 unspecified atom stereocenters. The summed E-state index contributed by atoms with van der Waals surface area (Å²) >= 11 is 0. The molecular formula is C22H40N2O7Si2. The molecular weight excluding hydrogens is 460 g/mol. The average molecular weight is 501 g/mol. The monoisotopic (exact) mass is 500 g/mol. The summed E-state index contributed by atoms with van der Waals surface area (Å²) in [5, 5.41) is 11.3. The van der Waals surface area contributed by atoms with Gasteiger partial charge in [0.2, 0.25) is 0 Å². The van der Waals surface area contributed by atoms with Gasteiger partial charge in [0.05, 0.1) is 6.61 Å². The maximum absolute atomic E-state index is 12.5. The molecule has 2 saturated heterocycles. The lowest BCUT2D eigenvalue weighted by molar-refractivity contribution is -0.0601. The molecule has 3 heterocycles. The van der Waals surface area contributed by atoms with Crippen molar-refractivity contribution in [2.45, 2.75) is 109 Å². The third kappa shape index (κ3) is 4.48. The Morgan fingerprint density at radius 3 is 2.06 bits per heavy atom. The molecule has 2 aliphatic rings. The zero-order chi connectivity index (χ0) is 24.9. The highest BCUT2D eigenvalue weighted by Crippen LogP contribution is 2.48. The fourth-order valence-corrected chi connectivity index (χ4v) is 16.4. The van der Waals surface area contributed by atoms with Crippen molar-refractivity contribution in [3.05, 3.63) is 32.6 Å². The first-order valence-corrected chi connectivity index (χ1v) is 15.9. The van der Waals surface area contributed by atoms with Crippen LogP contribution in [0.3, 0.4) is 0 Å². The standard InChI is InChI=1S/C22H40N2O7Si2/c1-12(2)32(13(3)4)28-11-17-19(30-33(31-32,14(5)6)15(7)8)18(25)21(29-17)24-10-16(9)20(26)23-22(24)27/h10,12-15,17-19,21,25H,11H2,1-9H3,(H,23,26,27)/t17-,18?,19+,21-/m1/s1. The smallest absolute Gasteiger partial charge is 0.335 e. The number of aromatic amines is 1. The lowest BCUT2D eigenvalue weighted by Crippen LogP contribution is -2.65. The Hall–Kier alpha value is -1.09. The molecule has 2 N–H and O–H groups in total. The molecule has 1 aromatic heterocycles. The second-order valence-corrected chi connectivity index (χ2v) is 19.4. The van der Waals surface area contributed by atoms with Crippen LogP contribution in [0.4, 0.5) is 0 Å². The van der Waals surface area contributed by atoms with Crippen LogP contribution in [-0.4, -0.2) is 56.7 Å². The van der Waals surface area contributed by atoms with E-state index in [0.29, 0.717) is 5.56 Å². The van der Waals surface area contributed by atoms with Gasteiger partial charge in [-0.2, -0.15) is 0 Å². The Kier molecular flexibility index (Phi) is 7.65. The molecule has 0 bridgehead atoms. The van der Waals surface area contributed by atoms with Crippen molar-refractivity contribution in [3.63, 3.8) is 0 Å². The summed E-state index contributed by atoms with van der Waals surface area (Å²) in [6, 6.07) is 0. The van der Waals surface area contributed by atoms with Crippen molar-refractivity contribution in [2.75, 3.05) is 6.61 Å². The van der Waals surface area contributed by atoms with Crippen LogP contribution < -0.4 is 11.2 Å².